The summed E-state index contributed by atoms with van der Waals surface area (Å²) in [5.41, 5.74) is 0.771. The molecule has 0 unspecified atom stereocenters. The lowest BCUT2D eigenvalue weighted by molar-refractivity contribution is -0.137. The van der Waals surface area contributed by atoms with Gasteiger partial charge >= 0.3 is 6.18 Å². The third-order valence-electron chi connectivity index (χ3n) is 2.83. The Morgan fingerprint density at radius 3 is 2.62 bits per heavy atom. The van der Waals surface area contributed by atoms with Crippen LogP contribution >= 0.6 is 0 Å². The molecule has 21 heavy (non-hydrogen) atoms. The average Bonchev–Trinajstić information content (AvgIpc) is 2.86. The summed E-state index contributed by atoms with van der Waals surface area (Å²) in [7, 11) is 0. The molecule has 2 nitrogen and oxygen atoms in total. The highest BCUT2D eigenvalue weighted by Crippen LogP contribution is 2.31. The first kappa shape index (κ1) is 15.0. The molecule has 1 aromatic carbocycles. The third-order valence-corrected chi connectivity index (χ3v) is 2.83. The first-order chi connectivity index (χ1) is 9.81. The Bertz CT molecular complexity index is 736. The number of hydrogen-bond acceptors (Lipinski definition) is 1. The largest absolute Gasteiger partial charge is 0.416 e. The molecular formula is C15H12F4N2. The molecule has 6 heteroatoms. The Kier molecular flexibility index (Phi) is 3.97. The lowest BCUT2D eigenvalue weighted by Crippen LogP contribution is -2.04. The third kappa shape index (κ3) is 3.39. The Hall–Kier alpha value is -2.37. The number of fused-ring (bicyclic) bond motifs is 1. The number of halogens is 4. The minimum Gasteiger partial charge on any atom is -0.338 e. The molecule has 0 radical (unpaired) electrons. The standard InChI is InChI=1S/C15H12F4N2/c1-9(8-16)3-4-10(2)14-20-12-6-5-11(15(17,18)19)7-13(12)21-14/h3-8H,2H2,1H3,(H,20,21)/b4-3-,9-8+. The van der Waals surface area contributed by atoms with Gasteiger partial charge in [0.2, 0.25) is 0 Å². The van der Waals surface area contributed by atoms with Gasteiger partial charge in [-0.25, -0.2) is 9.37 Å². The van der Waals surface area contributed by atoms with E-state index in [-0.39, 0.29) is 5.52 Å². The van der Waals surface area contributed by atoms with Gasteiger partial charge in [-0.1, -0.05) is 18.7 Å². The smallest absolute Gasteiger partial charge is 0.338 e. The van der Waals surface area contributed by atoms with E-state index in [1.54, 1.807) is 6.92 Å². The molecule has 0 bridgehead atoms. The summed E-state index contributed by atoms with van der Waals surface area (Å²) in [6.07, 6.45) is -0.929. The van der Waals surface area contributed by atoms with Gasteiger partial charge in [-0.2, -0.15) is 13.2 Å². The van der Waals surface area contributed by atoms with Crippen LogP contribution in [0.2, 0.25) is 0 Å². The average molecular weight is 296 g/mol. The predicted molar refractivity (Wildman–Crippen MR) is 74.1 cm³/mol. The van der Waals surface area contributed by atoms with Crippen molar-refractivity contribution in [2.45, 2.75) is 13.1 Å². The molecule has 0 aliphatic carbocycles. The molecule has 0 spiro atoms. The number of allylic oxidation sites excluding steroid dienone is 4. The van der Waals surface area contributed by atoms with Crippen molar-refractivity contribution in [2.75, 3.05) is 0 Å². The first-order valence-corrected chi connectivity index (χ1v) is 6.02. The van der Waals surface area contributed by atoms with Crippen molar-refractivity contribution >= 4 is 16.6 Å². The molecule has 0 fully saturated rings. The quantitative estimate of drug-likeness (QED) is 0.625. The Labute approximate surface area is 118 Å². The number of hydrogen-bond donors (Lipinski definition) is 1. The topological polar surface area (TPSA) is 28.7 Å². The summed E-state index contributed by atoms with van der Waals surface area (Å²) in [5.74, 6) is 0.340. The van der Waals surface area contributed by atoms with Crippen molar-refractivity contribution in [1.29, 1.82) is 0 Å². The molecule has 0 atom stereocenters. The van der Waals surface area contributed by atoms with Gasteiger partial charge < -0.3 is 4.98 Å². The van der Waals surface area contributed by atoms with E-state index in [2.05, 4.69) is 16.5 Å². The highest BCUT2D eigenvalue weighted by molar-refractivity contribution is 5.81. The van der Waals surface area contributed by atoms with Crippen LogP contribution < -0.4 is 0 Å². The number of nitrogens with zero attached hydrogens (tertiary/aromatic N) is 1. The highest BCUT2D eigenvalue weighted by atomic mass is 19.4. The van der Waals surface area contributed by atoms with Gasteiger partial charge in [0, 0.05) is 5.57 Å². The Morgan fingerprint density at radius 2 is 2.00 bits per heavy atom. The van der Waals surface area contributed by atoms with Crippen LogP contribution in [0.3, 0.4) is 0 Å². The maximum absolute atomic E-state index is 12.6. The van der Waals surface area contributed by atoms with Gasteiger partial charge in [0.25, 0.3) is 0 Å². The lowest BCUT2D eigenvalue weighted by Gasteiger charge is -2.05. The molecule has 2 aromatic rings. The SMILES string of the molecule is C=C(/C=C\C(C)=C\F)c1nc2ccc(C(F)(F)F)cc2[nH]1. The molecule has 0 amide bonds. The fourth-order valence-electron chi connectivity index (χ4n) is 1.69. The van der Waals surface area contributed by atoms with Crippen LogP contribution in [0, 0.1) is 0 Å². The van der Waals surface area contributed by atoms with Crippen LogP contribution in [0.5, 0.6) is 0 Å². The minimum atomic E-state index is -4.40. The van der Waals surface area contributed by atoms with E-state index in [4.69, 9.17) is 0 Å². The summed E-state index contributed by atoms with van der Waals surface area (Å²) >= 11 is 0. The van der Waals surface area contributed by atoms with Gasteiger partial charge in [0.05, 0.1) is 22.9 Å². The van der Waals surface area contributed by atoms with E-state index >= 15 is 0 Å². The summed E-state index contributed by atoms with van der Waals surface area (Å²) in [4.78, 5) is 6.93. The second-order valence-electron chi connectivity index (χ2n) is 4.53. The maximum Gasteiger partial charge on any atom is 0.416 e. The number of nitrogens with one attached hydrogen (secondary N) is 1. The van der Waals surface area contributed by atoms with Crippen molar-refractivity contribution in [3.63, 3.8) is 0 Å². The minimum absolute atomic E-state index is 0.270. The number of imidazole rings is 1. The fraction of sp³-hybridized carbons (Fsp3) is 0.133. The zero-order valence-corrected chi connectivity index (χ0v) is 11.1. The van der Waals surface area contributed by atoms with Crippen molar-refractivity contribution in [3.8, 4) is 0 Å². The molecule has 0 saturated carbocycles. The van der Waals surface area contributed by atoms with Crippen molar-refractivity contribution < 1.29 is 17.6 Å². The molecule has 0 aliphatic heterocycles. The molecule has 2 rings (SSSR count). The highest BCUT2D eigenvalue weighted by Gasteiger charge is 2.30. The van der Waals surface area contributed by atoms with Gasteiger partial charge in [0.15, 0.2) is 0 Å². The first-order valence-electron chi connectivity index (χ1n) is 6.02. The van der Waals surface area contributed by atoms with Crippen LogP contribution in [0.1, 0.15) is 18.3 Å². The van der Waals surface area contributed by atoms with E-state index in [0.29, 0.717) is 28.8 Å². The number of rotatable bonds is 3. The molecule has 0 aliphatic rings. The second kappa shape index (κ2) is 5.55. The lowest BCUT2D eigenvalue weighted by atomic mass is 10.2. The van der Waals surface area contributed by atoms with E-state index in [1.807, 2.05) is 0 Å². The molecule has 1 aromatic heterocycles. The number of H-pyrrole nitrogens is 1. The van der Waals surface area contributed by atoms with E-state index in [0.717, 1.165) is 12.1 Å². The zero-order valence-electron chi connectivity index (χ0n) is 11.1. The fourth-order valence-corrected chi connectivity index (χ4v) is 1.69. The monoisotopic (exact) mass is 296 g/mol. The predicted octanol–water partition coefficient (Wildman–Crippen LogP) is 5.02. The molecule has 1 heterocycles. The summed E-state index contributed by atoms with van der Waals surface area (Å²) in [5, 5.41) is 0. The van der Waals surface area contributed by atoms with Gasteiger partial charge in [-0.05, 0) is 30.7 Å². The summed E-state index contributed by atoms with van der Waals surface area (Å²) in [6.45, 7) is 5.31. The Balaban J connectivity index is 2.35. The van der Waals surface area contributed by atoms with E-state index < -0.39 is 11.7 Å². The molecule has 0 saturated heterocycles. The van der Waals surface area contributed by atoms with Gasteiger partial charge in [0.1, 0.15) is 5.82 Å². The van der Waals surface area contributed by atoms with Crippen LogP contribution in [-0.2, 0) is 6.18 Å². The van der Waals surface area contributed by atoms with Crippen molar-refractivity contribution in [1.82, 2.24) is 9.97 Å². The number of aromatic nitrogens is 2. The van der Waals surface area contributed by atoms with E-state index in [9.17, 15) is 17.6 Å². The van der Waals surface area contributed by atoms with Crippen LogP contribution in [0.15, 0.2) is 48.8 Å². The summed E-state index contributed by atoms with van der Waals surface area (Å²) in [6, 6.07) is 3.26. The molecule has 1 N–H and O–H groups in total. The molecule has 110 valence electrons. The van der Waals surface area contributed by atoms with Gasteiger partial charge in [-0.3, -0.25) is 0 Å². The number of benzene rings is 1. The van der Waals surface area contributed by atoms with Crippen molar-refractivity contribution in [2.24, 2.45) is 0 Å². The van der Waals surface area contributed by atoms with Crippen LogP contribution in [0.4, 0.5) is 17.6 Å². The zero-order chi connectivity index (χ0) is 15.6. The van der Waals surface area contributed by atoms with Crippen molar-refractivity contribution in [3.05, 3.63) is 60.2 Å². The Morgan fingerprint density at radius 1 is 1.29 bits per heavy atom. The van der Waals surface area contributed by atoms with Crippen LogP contribution in [0.25, 0.3) is 16.6 Å². The van der Waals surface area contributed by atoms with E-state index in [1.165, 1.54) is 18.2 Å². The second-order valence-corrected chi connectivity index (χ2v) is 4.53. The summed E-state index contributed by atoms with van der Waals surface area (Å²) < 4.78 is 50.1. The normalized spacial score (nSPS) is 13.3. The number of alkyl halides is 3. The van der Waals surface area contributed by atoms with Gasteiger partial charge in [-0.15, -0.1) is 0 Å². The van der Waals surface area contributed by atoms with Crippen LogP contribution in [-0.4, -0.2) is 9.97 Å². The molecular weight excluding hydrogens is 284 g/mol. The number of aromatic amines is 1. The maximum atomic E-state index is 12.6.